The average molecular weight is 439 g/mol. The van der Waals surface area contributed by atoms with Crippen molar-refractivity contribution in [3.8, 4) is 27.6 Å². The fraction of sp³-hybridized carbons (Fsp3) is 0.360. The number of aliphatic carboxylic acids is 1. The lowest BCUT2D eigenvalue weighted by molar-refractivity contribution is -0.138. The third kappa shape index (κ3) is 6.91. The van der Waals surface area contributed by atoms with Gasteiger partial charge in [0.15, 0.2) is 0 Å². The number of nitrogens with two attached hydrogens (primary N) is 1. The zero-order valence-corrected chi connectivity index (χ0v) is 18.7. The first-order valence-corrected chi connectivity index (χ1v) is 11.7. The van der Waals surface area contributed by atoms with Crippen LogP contribution in [0.2, 0.25) is 0 Å². The van der Waals surface area contributed by atoms with Crippen molar-refractivity contribution in [1.82, 2.24) is 4.98 Å². The van der Waals surface area contributed by atoms with Crippen LogP contribution in [0.1, 0.15) is 44.6 Å². The Bertz CT molecular complexity index is 952. The van der Waals surface area contributed by atoms with Gasteiger partial charge in [-0.1, -0.05) is 56.9 Å². The van der Waals surface area contributed by atoms with Crippen LogP contribution < -0.4 is 10.5 Å². The second-order valence-corrected chi connectivity index (χ2v) is 8.53. The topological polar surface area (TPSA) is 85.4 Å². The molecule has 3 rings (SSSR count). The normalized spacial score (nSPS) is 11.9. The minimum Gasteiger partial charge on any atom is -0.494 e. The Hall–Kier alpha value is -2.70. The molecule has 0 saturated heterocycles. The highest BCUT2D eigenvalue weighted by atomic mass is 32.1. The van der Waals surface area contributed by atoms with Gasteiger partial charge in [0.1, 0.15) is 16.8 Å². The van der Waals surface area contributed by atoms with Gasteiger partial charge in [-0.3, -0.25) is 4.79 Å². The summed E-state index contributed by atoms with van der Waals surface area (Å²) in [4.78, 5) is 15.7. The summed E-state index contributed by atoms with van der Waals surface area (Å²) < 4.78 is 5.84. The molecular weight excluding hydrogens is 408 g/mol. The highest BCUT2D eigenvalue weighted by Gasteiger charge is 2.12. The van der Waals surface area contributed by atoms with Crippen LogP contribution in [-0.2, 0) is 11.2 Å². The molecule has 1 aromatic heterocycles. The van der Waals surface area contributed by atoms with E-state index in [1.54, 1.807) is 11.3 Å². The lowest BCUT2D eigenvalue weighted by Crippen LogP contribution is -2.32. The molecule has 3 N–H and O–H groups in total. The summed E-state index contributed by atoms with van der Waals surface area (Å²) in [5.74, 6) is -0.0946. The van der Waals surface area contributed by atoms with E-state index in [9.17, 15) is 4.79 Å². The zero-order chi connectivity index (χ0) is 22.1. The van der Waals surface area contributed by atoms with E-state index < -0.39 is 12.0 Å². The molecule has 0 aliphatic rings. The first-order chi connectivity index (χ1) is 15.1. The quantitative estimate of drug-likeness (QED) is 0.350. The molecule has 0 spiro atoms. The lowest BCUT2D eigenvalue weighted by Gasteiger charge is -2.07. The minimum atomic E-state index is -0.989. The van der Waals surface area contributed by atoms with E-state index in [1.165, 1.54) is 25.7 Å². The van der Waals surface area contributed by atoms with Crippen molar-refractivity contribution in [1.29, 1.82) is 0 Å². The fourth-order valence-corrected chi connectivity index (χ4v) is 4.12. The smallest absolute Gasteiger partial charge is 0.320 e. The third-order valence-electron chi connectivity index (χ3n) is 5.14. The number of aromatic nitrogens is 1. The Morgan fingerprint density at radius 1 is 1.03 bits per heavy atom. The van der Waals surface area contributed by atoms with Crippen LogP contribution in [0.4, 0.5) is 0 Å². The molecule has 0 radical (unpaired) electrons. The maximum Gasteiger partial charge on any atom is 0.320 e. The van der Waals surface area contributed by atoms with Crippen molar-refractivity contribution in [2.24, 2.45) is 5.73 Å². The number of benzene rings is 2. The monoisotopic (exact) mass is 438 g/mol. The Labute approximate surface area is 187 Å². The van der Waals surface area contributed by atoms with E-state index in [4.69, 9.17) is 20.6 Å². The number of carboxylic acid groups (broad SMARTS) is 1. The summed E-state index contributed by atoms with van der Waals surface area (Å²) in [6.45, 7) is 2.98. The van der Waals surface area contributed by atoms with Crippen LogP contribution in [-0.4, -0.2) is 28.7 Å². The average Bonchev–Trinajstić information content (AvgIpc) is 3.27. The standard InChI is InChI=1S/C25H30N2O3S/c1-2-3-4-5-6-15-30-21-13-11-20(12-14-21)24-27-23(17-31-24)19-9-7-18(8-10-19)16-22(26)25(28)29/h7-14,17,22H,2-6,15-16,26H2,1H3,(H,28,29)/t22-/m0/s1. The summed E-state index contributed by atoms with van der Waals surface area (Å²) in [5, 5.41) is 11.9. The van der Waals surface area contributed by atoms with Crippen LogP contribution in [0.15, 0.2) is 53.9 Å². The molecule has 0 aliphatic heterocycles. The molecule has 0 bridgehead atoms. The second-order valence-electron chi connectivity index (χ2n) is 7.67. The van der Waals surface area contributed by atoms with E-state index in [0.717, 1.165) is 46.2 Å². The first-order valence-electron chi connectivity index (χ1n) is 10.8. The molecule has 6 heteroatoms. The van der Waals surface area contributed by atoms with Crippen molar-refractivity contribution in [3.63, 3.8) is 0 Å². The molecule has 2 aromatic carbocycles. The molecular formula is C25H30N2O3S. The third-order valence-corrected chi connectivity index (χ3v) is 6.04. The van der Waals surface area contributed by atoms with Crippen molar-refractivity contribution in [3.05, 3.63) is 59.5 Å². The van der Waals surface area contributed by atoms with Crippen LogP contribution in [0.5, 0.6) is 5.75 Å². The van der Waals surface area contributed by atoms with Gasteiger partial charge in [0.25, 0.3) is 0 Å². The van der Waals surface area contributed by atoms with Gasteiger partial charge in [0, 0.05) is 16.5 Å². The van der Waals surface area contributed by atoms with Crippen LogP contribution >= 0.6 is 11.3 Å². The summed E-state index contributed by atoms with van der Waals surface area (Å²) >= 11 is 1.60. The maximum absolute atomic E-state index is 10.9. The molecule has 0 aliphatic carbocycles. The molecule has 1 atom stereocenters. The molecule has 0 amide bonds. The van der Waals surface area contributed by atoms with Gasteiger partial charge in [-0.15, -0.1) is 11.3 Å². The lowest BCUT2D eigenvalue weighted by atomic mass is 10.0. The highest BCUT2D eigenvalue weighted by Crippen LogP contribution is 2.30. The van der Waals surface area contributed by atoms with E-state index in [0.29, 0.717) is 6.42 Å². The Kier molecular flexibility index (Phi) is 8.62. The Balaban J connectivity index is 1.56. The first kappa shape index (κ1) is 23.0. The van der Waals surface area contributed by atoms with E-state index in [1.807, 2.05) is 53.9 Å². The number of carbonyl (C=O) groups is 1. The van der Waals surface area contributed by atoms with Crippen molar-refractivity contribution < 1.29 is 14.6 Å². The van der Waals surface area contributed by atoms with Gasteiger partial charge in [-0.05, 0) is 42.7 Å². The Morgan fingerprint density at radius 2 is 1.71 bits per heavy atom. The zero-order valence-electron chi connectivity index (χ0n) is 17.9. The molecule has 0 unspecified atom stereocenters. The van der Waals surface area contributed by atoms with Gasteiger partial charge in [-0.25, -0.2) is 4.98 Å². The van der Waals surface area contributed by atoms with Crippen molar-refractivity contribution in [2.45, 2.75) is 51.5 Å². The highest BCUT2D eigenvalue weighted by molar-refractivity contribution is 7.13. The molecule has 31 heavy (non-hydrogen) atoms. The molecule has 0 fully saturated rings. The number of hydrogen-bond donors (Lipinski definition) is 2. The van der Waals surface area contributed by atoms with Crippen LogP contribution in [0, 0.1) is 0 Å². The van der Waals surface area contributed by atoms with Gasteiger partial charge in [0.05, 0.1) is 12.3 Å². The molecule has 0 saturated carbocycles. The molecule has 5 nitrogen and oxygen atoms in total. The molecule has 1 heterocycles. The largest absolute Gasteiger partial charge is 0.494 e. The number of nitrogens with zero attached hydrogens (tertiary/aromatic N) is 1. The number of rotatable bonds is 12. The fourth-order valence-electron chi connectivity index (χ4n) is 3.28. The number of unbranched alkanes of at least 4 members (excludes halogenated alkanes) is 4. The van der Waals surface area contributed by atoms with Crippen LogP contribution in [0.3, 0.4) is 0 Å². The van der Waals surface area contributed by atoms with Gasteiger partial charge < -0.3 is 15.6 Å². The summed E-state index contributed by atoms with van der Waals surface area (Å²) in [7, 11) is 0. The van der Waals surface area contributed by atoms with Gasteiger partial charge in [-0.2, -0.15) is 0 Å². The van der Waals surface area contributed by atoms with Crippen LogP contribution in [0.25, 0.3) is 21.8 Å². The van der Waals surface area contributed by atoms with Crippen molar-refractivity contribution in [2.75, 3.05) is 6.61 Å². The SMILES string of the molecule is CCCCCCCOc1ccc(-c2nc(-c3ccc(C[C@H](N)C(=O)O)cc3)cs2)cc1. The maximum atomic E-state index is 10.9. The van der Waals surface area contributed by atoms with Gasteiger partial charge in [0.2, 0.25) is 0 Å². The molecule has 3 aromatic rings. The predicted octanol–water partition coefficient (Wildman–Crippen LogP) is 5.78. The summed E-state index contributed by atoms with van der Waals surface area (Å²) in [6, 6.07) is 14.9. The number of thiazole rings is 1. The second kappa shape index (κ2) is 11.6. The predicted molar refractivity (Wildman–Crippen MR) is 127 cm³/mol. The number of ether oxygens (including phenoxy) is 1. The summed E-state index contributed by atoms with van der Waals surface area (Å²) in [6.07, 6.45) is 6.47. The molecule has 164 valence electrons. The van der Waals surface area contributed by atoms with Crippen molar-refractivity contribution >= 4 is 17.3 Å². The van der Waals surface area contributed by atoms with E-state index in [2.05, 4.69) is 6.92 Å². The van der Waals surface area contributed by atoms with Gasteiger partial charge >= 0.3 is 5.97 Å². The van der Waals surface area contributed by atoms with E-state index in [-0.39, 0.29) is 0 Å². The Morgan fingerprint density at radius 3 is 2.39 bits per heavy atom. The number of hydrogen-bond acceptors (Lipinski definition) is 5. The summed E-state index contributed by atoms with van der Waals surface area (Å²) in [5.41, 5.74) is 9.47. The number of carboxylic acids is 1. The van der Waals surface area contributed by atoms with E-state index >= 15 is 0 Å². The minimum absolute atomic E-state index is 0.311.